The summed E-state index contributed by atoms with van der Waals surface area (Å²) in [6, 6.07) is -0.665. The Kier molecular flexibility index (Phi) is 3.88. The van der Waals surface area contributed by atoms with Crippen LogP contribution < -0.4 is 5.32 Å². The fourth-order valence-corrected chi connectivity index (χ4v) is 1.41. The van der Waals surface area contributed by atoms with E-state index >= 15 is 0 Å². The van der Waals surface area contributed by atoms with E-state index < -0.39 is 12.0 Å². The minimum Gasteiger partial charge on any atom is -0.480 e. The van der Waals surface area contributed by atoms with Crippen molar-refractivity contribution < 1.29 is 14.7 Å². The predicted octanol–water partition coefficient (Wildman–Crippen LogP) is -0.328. The van der Waals surface area contributed by atoms with Gasteiger partial charge >= 0.3 is 5.97 Å². The summed E-state index contributed by atoms with van der Waals surface area (Å²) in [7, 11) is 0. The van der Waals surface area contributed by atoms with Crippen molar-refractivity contribution in [3.05, 3.63) is 0 Å². The molecule has 0 aromatic carbocycles. The summed E-state index contributed by atoms with van der Waals surface area (Å²) >= 11 is 0. The number of amides is 1. The Balaban J connectivity index is 2.23. The van der Waals surface area contributed by atoms with Gasteiger partial charge in [0.05, 0.1) is 6.54 Å². The van der Waals surface area contributed by atoms with Crippen LogP contribution in [-0.2, 0) is 9.59 Å². The van der Waals surface area contributed by atoms with Gasteiger partial charge < -0.3 is 10.0 Å². The van der Waals surface area contributed by atoms with E-state index in [2.05, 4.69) is 5.32 Å². The maximum Gasteiger partial charge on any atom is 0.320 e. The molecule has 1 aliphatic heterocycles. The third-order valence-electron chi connectivity index (χ3n) is 2.39. The SMILES string of the molecule is C[C@H](NCC(=O)N1CCCC1)C(=O)O. The number of hydrogen-bond acceptors (Lipinski definition) is 3. The van der Waals surface area contributed by atoms with Gasteiger partial charge in [0, 0.05) is 13.1 Å². The van der Waals surface area contributed by atoms with Gasteiger partial charge in [0.25, 0.3) is 0 Å². The van der Waals surface area contributed by atoms with Crippen molar-refractivity contribution in [2.45, 2.75) is 25.8 Å². The van der Waals surface area contributed by atoms with Crippen molar-refractivity contribution in [1.82, 2.24) is 10.2 Å². The Morgan fingerprint density at radius 2 is 2.00 bits per heavy atom. The molecule has 1 amide bonds. The first kappa shape index (κ1) is 11.0. The molecule has 1 fully saturated rings. The second-order valence-corrected chi connectivity index (χ2v) is 3.53. The highest BCUT2D eigenvalue weighted by Crippen LogP contribution is 2.06. The van der Waals surface area contributed by atoms with E-state index in [1.807, 2.05) is 0 Å². The smallest absolute Gasteiger partial charge is 0.320 e. The maximum atomic E-state index is 11.4. The summed E-state index contributed by atoms with van der Waals surface area (Å²) in [6.45, 7) is 3.26. The van der Waals surface area contributed by atoms with Gasteiger partial charge in [0.2, 0.25) is 5.91 Å². The van der Waals surface area contributed by atoms with Gasteiger partial charge in [-0.25, -0.2) is 0 Å². The van der Waals surface area contributed by atoms with E-state index in [1.54, 1.807) is 4.90 Å². The molecular weight excluding hydrogens is 184 g/mol. The number of hydrogen-bond donors (Lipinski definition) is 2. The van der Waals surface area contributed by atoms with Gasteiger partial charge in [0.15, 0.2) is 0 Å². The van der Waals surface area contributed by atoms with E-state index in [1.165, 1.54) is 6.92 Å². The Hall–Kier alpha value is -1.10. The van der Waals surface area contributed by atoms with Crippen molar-refractivity contribution in [3.8, 4) is 0 Å². The summed E-state index contributed by atoms with van der Waals surface area (Å²) in [5.41, 5.74) is 0. The largest absolute Gasteiger partial charge is 0.480 e. The number of carboxylic acid groups (broad SMARTS) is 1. The van der Waals surface area contributed by atoms with E-state index in [0.717, 1.165) is 25.9 Å². The van der Waals surface area contributed by atoms with Crippen molar-refractivity contribution in [3.63, 3.8) is 0 Å². The minimum absolute atomic E-state index is 0.00407. The highest BCUT2D eigenvalue weighted by molar-refractivity contribution is 5.80. The zero-order valence-corrected chi connectivity index (χ0v) is 8.32. The lowest BCUT2D eigenvalue weighted by Gasteiger charge is -2.16. The second-order valence-electron chi connectivity index (χ2n) is 3.53. The van der Waals surface area contributed by atoms with Crippen molar-refractivity contribution in [2.24, 2.45) is 0 Å². The number of nitrogens with zero attached hydrogens (tertiary/aromatic N) is 1. The van der Waals surface area contributed by atoms with Crippen molar-refractivity contribution >= 4 is 11.9 Å². The molecule has 0 unspecified atom stereocenters. The second kappa shape index (κ2) is 4.95. The van der Waals surface area contributed by atoms with E-state index in [0.29, 0.717) is 0 Å². The Bertz CT molecular complexity index is 224. The normalized spacial score (nSPS) is 18.2. The molecule has 5 heteroatoms. The van der Waals surface area contributed by atoms with Crippen LogP contribution in [0.15, 0.2) is 0 Å². The van der Waals surface area contributed by atoms with Gasteiger partial charge in [0.1, 0.15) is 6.04 Å². The molecule has 2 N–H and O–H groups in total. The molecule has 1 rings (SSSR count). The molecule has 0 aromatic rings. The average Bonchev–Trinajstić information content (AvgIpc) is 2.66. The standard InChI is InChI=1S/C9H16N2O3/c1-7(9(13)14)10-6-8(12)11-4-2-3-5-11/h7,10H,2-6H2,1H3,(H,13,14)/t7-/m0/s1. The van der Waals surface area contributed by atoms with Crippen LogP contribution in [0.25, 0.3) is 0 Å². The van der Waals surface area contributed by atoms with Crippen LogP contribution in [0, 0.1) is 0 Å². The third-order valence-corrected chi connectivity index (χ3v) is 2.39. The molecule has 80 valence electrons. The van der Waals surface area contributed by atoms with Gasteiger partial charge in [-0.05, 0) is 19.8 Å². The average molecular weight is 200 g/mol. The highest BCUT2D eigenvalue weighted by Gasteiger charge is 2.19. The Morgan fingerprint density at radius 3 is 2.50 bits per heavy atom. The number of aliphatic carboxylic acids is 1. The predicted molar refractivity (Wildman–Crippen MR) is 50.9 cm³/mol. The maximum absolute atomic E-state index is 11.4. The minimum atomic E-state index is -0.931. The number of nitrogens with one attached hydrogen (secondary N) is 1. The lowest BCUT2D eigenvalue weighted by molar-refractivity contribution is -0.139. The van der Waals surface area contributed by atoms with E-state index in [4.69, 9.17) is 5.11 Å². The number of likely N-dealkylation sites (tertiary alicyclic amines) is 1. The van der Waals surface area contributed by atoms with Gasteiger partial charge in [-0.1, -0.05) is 0 Å². The summed E-state index contributed by atoms with van der Waals surface area (Å²) in [4.78, 5) is 23.7. The molecule has 14 heavy (non-hydrogen) atoms. The topological polar surface area (TPSA) is 69.6 Å². The van der Waals surface area contributed by atoms with Gasteiger partial charge in [-0.15, -0.1) is 0 Å². The monoisotopic (exact) mass is 200 g/mol. The first-order chi connectivity index (χ1) is 6.61. The summed E-state index contributed by atoms with van der Waals surface area (Å²) in [6.07, 6.45) is 2.11. The summed E-state index contributed by atoms with van der Waals surface area (Å²) < 4.78 is 0. The van der Waals surface area contributed by atoms with E-state index in [9.17, 15) is 9.59 Å². The first-order valence-corrected chi connectivity index (χ1v) is 4.85. The summed E-state index contributed by atoms with van der Waals surface area (Å²) in [5, 5.41) is 11.2. The summed E-state index contributed by atoms with van der Waals surface area (Å²) in [5.74, 6) is -0.935. The molecule has 1 atom stereocenters. The number of carboxylic acids is 1. The molecule has 0 aliphatic carbocycles. The van der Waals surface area contributed by atoms with Crippen LogP contribution in [-0.4, -0.2) is 47.6 Å². The van der Waals surface area contributed by atoms with Crippen LogP contribution in [0.2, 0.25) is 0 Å². The van der Waals surface area contributed by atoms with Crippen molar-refractivity contribution in [2.75, 3.05) is 19.6 Å². The number of rotatable bonds is 4. The quantitative estimate of drug-likeness (QED) is 0.652. The lowest BCUT2D eigenvalue weighted by Crippen LogP contribution is -2.42. The first-order valence-electron chi connectivity index (χ1n) is 4.85. The number of carbonyl (C=O) groups excluding carboxylic acids is 1. The van der Waals surface area contributed by atoms with Crippen LogP contribution >= 0.6 is 0 Å². The lowest BCUT2D eigenvalue weighted by atomic mass is 10.3. The van der Waals surface area contributed by atoms with Crippen LogP contribution in [0.4, 0.5) is 0 Å². The molecule has 1 saturated heterocycles. The third kappa shape index (κ3) is 2.99. The van der Waals surface area contributed by atoms with E-state index in [-0.39, 0.29) is 12.5 Å². The molecule has 0 spiro atoms. The molecule has 0 bridgehead atoms. The molecular formula is C9H16N2O3. The number of carbonyl (C=O) groups is 2. The van der Waals surface area contributed by atoms with Gasteiger partial charge in [-0.2, -0.15) is 0 Å². The van der Waals surface area contributed by atoms with Crippen LogP contribution in [0.1, 0.15) is 19.8 Å². The molecule has 5 nitrogen and oxygen atoms in total. The molecule has 0 saturated carbocycles. The molecule has 0 radical (unpaired) electrons. The zero-order valence-electron chi connectivity index (χ0n) is 8.32. The molecule has 1 aliphatic rings. The fourth-order valence-electron chi connectivity index (χ4n) is 1.41. The Labute approximate surface area is 83.1 Å². The fraction of sp³-hybridized carbons (Fsp3) is 0.778. The van der Waals surface area contributed by atoms with Crippen LogP contribution in [0.5, 0.6) is 0 Å². The van der Waals surface area contributed by atoms with Crippen molar-refractivity contribution in [1.29, 1.82) is 0 Å². The molecule has 1 heterocycles. The van der Waals surface area contributed by atoms with Crippen LogP contribution in [0.3, 0.4) is 0 Å². The Morgan fingerprint density at radius 1 is 1.43 bits per heavy atom. The van der Waals surface area contributed by atoms with Gasteiger partial charge in [-0.3, -0.25) is 14.9 Å². The zero-order chi connectivity index (χ0) is 10.6. The highest BCUT2D eigenvalue weighted by atomic mass is 16.4. The molecule has 0 aromatic heterocycles.